The molecule has 180 valence electrons. The van der Waals surface area contributed by atoms with Gasteiger partial charge < -0.3 is 19.2 Å². The van der Waals surface area contributed by atoms with Gasteiger partial charge in [-0.1, -0.05) is 6.08 Å². The number of methoxy groups -OCH3 is 2. The number of carbonyl (C=O) groups is 1. The molecule has 0 bridgehead atoms. The minimum absolute atomic E-state index is 0.0875. The van der Waals surface area contributed by atoms with Crippen molar-refractivity contribution >= 4 is 32.9 Å². The lowest BCUT2D eigenvalue weighted by molar-refractivity contribution is 0.158. The third-order valence-corrected chi connectivity index (χ3v) is 7.01. The molecule has 2 N–H and O–H groups in total. The van der Waals surface area contributed by atoms with Crippen LogP contribution in [-0.2, 0) is 14.9 Å². The molecule has 2 aromatic heterocycles. The molecule has 0 aliphatic carbocycles. The first-order chi connectivity index (χ1) is 16.4. The average molecular weight is 487 g/mol. The number of H-pyrrole nitrogens is 1. The van der Waals surface area contributed by atoms with Crippen LogP contribution in [0.4, 0.5) is 4.79 Å². The van der Waals surface area contributed by atoms with E-state index >= 15 is 0 Å². The Labute approximate surface area is 197 Å². The fourth-order valence-corrected chi connectivity index (χ4v) is 4.90. The first-order valence-electron chi connectivity index (χ1n) is 10.7. The Kier molecular flexibility index (Phi) is 6.75. The van der Waals surface area contributed by atoms with E-state index < -0.39 is 16.3 Å². The Balaban J connectivity index is 1.61. The second-order valence-electron chi connectivity index (χ2n) is 7.53. The quantitative estimate of drug-likeness (QED) is 0.525. The number of nitrogens with zero attached hydrogens (tertiary/aromatic N) is 2. The molecule has 1 aliphatic heterocycles. The van der Waals surface area contributed by atoms with Gasteiger partial charge in [-0.15, -0.1) is 0 Å². The van der Waals surface area contributed by atoms with Gasteiger partial charge in [0, 0.05) is 42.0 Å². The molecule has 0 saturated heterocycles. The lowest BCUT2D eigenvalue weighted by Gasteiger charge is -2.25. The molecular formula is C23H26N4O6S. The summed E-state index contributed by atoms with van der Waals surface area (Å²) in [4.78, 5) is 19.3. The highest BCUT2D eigenvalue weighted by Gasteiger charge is 2.27. The van der Waals surface area contributed by atoms with Gasteiger partial charge in [-0.3, -0.25) is 0 Å². The standard InChI is InChI=1S/C23H26N4O6S/c1-4-33-23(28)26-34(29,30)27-11-8-15(9-12-27)20-14-19-17(7-10-24-22(19)25-20)18-6-5-16(31-2)13-21(18)32-3/h5-8,10,13-14H,4,9,11-12H2,1-3H3,(H,24,25)(H,26,28). The normalized spacial score (nSPS) is 14.5. The van der Waals surface area contributed by atoms with E-state index in [0.717, 1.165) is 27.8 Å². The maximum absolute atomic E-state index is 12.4. The number of aromatic nitrogens is 2. The van der Waals surface area contributed by atoms with Crippen LogP contribution in [0.25, 0.3) is 27.7 Å². The van der Waals surface area contributed by atoms with Crippen LogP contribution in [0.15, 0.2) is 42.6 Å². The van der Waals surface area contributed by atoms with Crippen LogP contribution >= 0.6 is 0 Å². The molecule has 0 atom stereocenters. The molecule has 11 heteroatoms. The Hall–Kier alpha value is -3.57. The molecule has 0 unspecified atom stereocenters. The van der Waals surface area contributed by atoms with Gasteiger partial charge in [0.1, 0.15) is 17.1 Å². The summed E-state index contributed by atoms with van der Waals surface area (Å²) in [6, 6.07) is 9.58. The lowest BCUT2D eigenvalue weighted by Crippen LogP contribution is -2.45. The van der Waals surface area contributed by atoms with E-state index in [0.29, 0.717) is 23.6 Å². The Morgan fingerprint density at radius 2 is 2.00 bits per heavy atom. The second kappa shape index (κ2) is 9.74. The van der Waals surface area contributed by atoms with Crippen molar-refractivity contribution in [3.63, 3.8) is 0 Å². The van der Waals surface area contributed by atoms with Crippen molar-refractivity contribution < 1.29 is 27.4 Å². The van der Waals surface area contributed by atoms with E-state index in [4.69, 9.17) is 9.47 Å². The van der Waals surface area contributed by atoms with Crippen molar-refractivity contribution in [2.24, 2.45) is 0 Å². The van der Waals surface area contributed by atoms with Gasteiger partial charge in [0.15, 0.2) is 0 Å². The number of hydrogen-bond donors (Lipinski definition) is 2. The Morgan fingerprint density at radius 3 is 2.68 bits per heavy atom. The SMILES string of the molecule is CCOC(=O)NS(=O)(=O)N1CC=C(c2cc3c(-c4ccc(OC)cc4OC)ccnc3[nH]2)CC1. The van der Waals surface area contributed by atoms with Crippen LogP contribution in [0.5, 0.6) is 11.5 Å². The van der Waals surface area contributed by atoms with Crippen molar-refractivity contribution in [3.8, 4) is 22.6 Å². The maximum atomic E-state index is 12.4. The lowest BCUT2D eigenvalue weighted by atomic mass is 10.0. The zero-order chi connectivity index (χ0) is 24.3. The molecule has 0 spiro atoms. The second-order valence-corrected chi connectivity index (χ2v) is 9.21. The number of fused-ring (bicyclic) bond motifs is 1. The molecule has 34 heavy (non-hydrogen) atoms. The largest absolute Gasteiger partial charge is 0.497 e. The first kappa shape index (κ1) is 23.6. The molecule has 0 saturated carbocycles. The zero-order valence-corrected chi connectivity index (χ0v) is 19.9. The number of carbonyl (C=O) groups excluding carboxylic acids is 1. The molecule has 0 radical (unpaired) electrons. The number of aromatic amines is 1. The molecular weight excluding hydrogens is 460 g/mol. The fourth-order valence-electron chi connectivity index (χ4n) is 3.90. The summed E-state index contributed by atoms with van der Waals surface area (Å²) < 4.78 is 43.5. The van der Waals surface area contributed by atoms with E-state index in [1.807, 2.05) is 41.1 Å². The van der Waals surface area contributed by atoms with E-state index in [-0.39, 0.29) is 19.7 Å². The van der Waals surface area contributed by atoms with Crippen molar-refractivity contribution in [1.29, 1.82) is 0 Å². The van der Waals surface area contributed by atoms with Gasteiger partial charge in [-0.25, -0.2) is 14.5 Å². The highest BCUT2D eigenvalue weighted by molar-refractivity contribution is 7.87. The Morgan fingerprint density at radius 1 is 1.18 bits per heavy atom. The topological polar surface area (TPSA) is 123 Å². The van der Waals surface area contributed by atoms with Gasteiger partial charge >= 0.3 is 16.3 Å². The van der Waals surface area contributed by atoms with E-state index in [9.17, 15) is 13.2 Å². The van der Waals surface area contributed by atoms with E-state index in [1.54, 1.807) is 27.3 Å². The van der Waals surface area contributed by atoms with E-state index in [2.05, 4.69) is 14.7 Å². The number of hydrogen-bond acceptors (Lipinski definition) is 7. The predicted molar refractivity (Wildman–Crippen MR) is 128 cm³/mol. The summed E-state index contributed by atoms with van der Waals surface area (Å²) in [6.07, 6.45) is 3.04. The fraction of sp³-hybridized carbons (Fsp3) is 0.304. The highest BCUT2D eigenvalue weighted by atomic mass is 32.2. The van der Waals surface area contributed by atoms with Crippen LogP contribution in [0.1, 0.15) is 19.0 Å². The van der Waals surface area contributed by atoms with Crippen molar-refractivity contribution in [3.05, 3.63) is 48.3 Å². The maximum Gasteiger partial charge on any atom is 0.421 e. The van der Waals surface area contributed by atoms with Gasteiger partial charge in [-0.2, -0.15) is 12.7 Å². The first-order valence-corrected chi connectivity index (χ1v) is 12.1. The van der Waals surface area contributed by atoms with Gasteiger partial charge in [0.05, 0.1) is 20.8 Å². The van der Waals surface area contributed by atoms with Gasteiger partial charge in [-0.05, 0) is 48.7 Å². The molecule has 1 aliphatic rings. The number of nitrogens with one attached hydrogen (secondary N) is 2. The number of pyridine rings is 1. The Bertz CT molecular complexity index is 1350. The highest BCUT2D eigenvalue weighted by Crippen LogP contribution is 2.38. The number of ether oxygens (including phenoxy) is 3. The van der Waals surface area contributed by atoms with Crippen LogP contribution < -0.4 is 14.2 Å². The van der Waals surface area contributed by atoms with E-state index in [1.165, 1.54) is 4.31 Å². The summed E-state index contributed by atoms with van der Waals surface area (Å²) in [5, 5.41) is 0.917. The van der Waals surface area contributed by atoms with Crippen LogP contribution in [0, 0.1) is 0 Å². The number of rotatable bonds is 7. The molecule has 1 aromatic carbocycles. The zero-order valence-electron chi connectivity index (χ0n) is 19.1. The van der Waals surface area contributed by atoms with Crippen molar-refractivity contribution in [2.45, 2.75) is 13.3 Å². The predicted octanol–water partition coefficient (Wildman–Crippen LogP) is 3.33. The third-order valence-electron chi connectivity index (χ3n) is 5.58. The van der Waals surface area contributed by atoms with Crippen molar-refractivity contribution in [2.75, 3.05) is 33.9 Å². The number of benzene rings is 1. The molecule has 3 heterocycles. The van der Waals surface area contributed by atoms with Gasteiger partial charge in [0.2, 0.25) is 0 Å². The molecule has 4 rings (SSSR count). The molecule has 1 amide bonds. The minimum atomic E-state index is -3.97. The van der Waals surface area contributed by atoms with Gasteiger partial charge in [0.25, 0.3) is 0 Å². The smallest absolute Gasteiger partial charge is 0.421 e. The monoisotopic (exact) mass is 486 g/mol. The number of amides is 1. The summed E-state index contributed by atoms with van der Waals surface area (Å²) in [5.74, 6) is 1.38. The van der Waals surface area contributed by atoms with Crippen LogP contribution in [-0.4, -0.2) is 62.7 Å². The molecule has 10 nitrogen and oxygen atoms in total. The summed E-state index contributed by atoms with van der Waals surface area (Å²) in [5.41, 5.74) is 4.39. The third kappa shape index (κ3) is 4.70. The molecule has 3 aromatic rings. The molecule has 0 fully saturated rings. The average Bonchev–Trinajstić information content (AvgIpc) is 3.28. The van der Waals surface area contributed by atoms with Crippen molar-refractivity contribution in [1.82, 2.24) is 19.0 Å². The minimum Gasteiger partial charge on any atom is -0.497 e. The summed E-state index contributed by atoms with van der Waals surface area (Å²) in [6.45, 7) is 2.05. The van der Waals surface area contributed by atoms with Crippen LogP contribution in [0.3, 0.4) is 0 Å². The summed E-state index contributed by atoms with van der Waals surface area (Å²) >= 11 is 0. The van der Waals surface area contributed by atoms with Crippen LogP contribution in [0.2, 0.25) is 0 Å². The summed E-state index contributed by atoms with van der Waals surface area (Å²) in [7, 11) is -0.754.